The predicted octanol–water partition coefficient (Wildman–Crippen LogP) is 3.74. The van der Waals surface area contributed by atoms with E-state index in [0.29, 0.717) is 19.6 Å². The van der Waals surface area contributed by atoms with Gasteiger partial charge in [-0.25, -0.2) is 4.98 Å². The van der Waals surface area contributed by atoms with Crippen molar-refractivity contribution in [2.45, 2.75) is 50.0 Å². The fraction of sp³-hybridized carbons (Fsp3) is 0.400. The molecule has 0 unspecified atom stereocenters. The van der Waals surface area contributed by atoms with Crippen LogP contribution in [0, 0.1) is 6.92 Å². The highest BCUT2D eigenvalue weighted by Crippen LogP contribution is 2.32. The summed E-state index contributed by atoms with van der Waals surface area (Å²) < 4.78 is 50.2. The monoisotopic (exact) mass is 486 g/mol. The van der Waals surface area contributed by atoms with E-state index in [9.17, 15) is 8.42 Å². The largest absolute Gasteiger partial charge is 0.494 e. The standard InChI is InChI=1S/C25H30N2O6S/c1-3-30-22-8-6-21(7-9-22)12-13-25(18-27-15-14-26-19-27)31-16-23(33-25)17-32-34(28,29)24-10-4-20(2)5-11-24/h4-11,14-15,19,23H,3,12-13,16-18H2,1-2H3/t23-,25-/m1/s1. The molecule has 8 nitrogen and oxygen atoms in total. The molecule has 0 saturated carbocycles. The Morgan fingerprint density at radius 2 is 1.91 bits per heavy atom. The van der Waals surface area contributed by atoms with Gasteiger partial charge in [0, 0.05) is 18.8 Å². The maximum atomic E-state index is 12.6. The first-order chi connectivity index (χ1) is 16.4. The minimum atomic E-state index is -3.88. The molecule has 0 radical (unpaired) electrons. The Bertz CT molecular complexity index is 1150. The number of ether oxygens (including phenoxy) is 3. The molecule has 0 amide bonds. The molecule has 1 aromatic heterocycles. The maximum Gasteiger partial charge on any atom is 0.297 e. The van der Waals surface area contributed by atoms with Crippen LogP contribution >= 0.6 is 0 Å². The minimum absolute atomic E-state index is 0.120. The zero-order valence-electron chi connectivity index (χ0n) is 19.4. The molecule has 9 heteroatoms. The summed E-state index contributed by atoms with van der Waals surface area (Å²) in [6, 6.07) is 14.5. The summed E-state index contributed by atoms with van der Waals surface area (Å²) in [5.74, 6) is -0.0826. The van der Waals surface area contributed by atoms with E-state index in [1.807, 2.05) is 48.9 Å². The molecule has 182 valence electrons. The van der Waals surface area contributed by atoms with Crippen LogP contribution in [0.25, 0.3) is 0 Å². The van der Waals surface area contributed by atoms with Crippen LogP contribution in [0.15, 0.2) is 72.1 Å². The average molecular weight is 487 g/mol. The lowest BCUT2D eigenvalue weighted by atomic mass is 10.0. The fourth-order valence-electron chi connectivity index (χ4n) is 3.84. The van der Waals surface area contributed by atoms with Crippen LogP contribution in [-0.2, 0) is 36.7 Å². The smallest absolute Gasteiger partial charge is 0.297 e. The van der Waals surface area contributed by atoms with Crippen molar-refractivity contribution in [3.63, 3.8) is 0 Å². The van der Waals surface area contributed by atoms with E-state index in [1.165, 1.54) is 12.1 Å². The number of aryl methyl sites for hydroxylation is 2. The summed E-state index contributed by atoms with van der Waals surface area (Å²) in [6.45, 7) is 5.03. The third kappa shape index (κ3) is 6.24. The van der Waals surface area contributed by atoms with E-state index < -0.39 is 22.0 Å². The van der Waals surface area contributed by atoms with Crippen LogP contribution in [0.3, 0.4) is 0 Å². The fourth-order valence-corrected chi connectivity index (χ4v) is 4.78. The zero-order valence-corrected chi connectivity index (χ0v) is 20.2. The van der Waals surface area contributed by atoms with Gasteiger partial charge in [0.1, 0.15) is 11.9 Å². The van der Waals surface area contributed by atoms with E-state index in [-0.39, 0.29) is 18.1 Å². The van der Waals surface area contributed by atoms with Gasteiger partial charge in [-0.2, -0.15) is 8.42 Å². The Kier molecular flexibility index (Phi) is 7.67. The lowest BCUT2D eigenvalue weighted by molar-refractivity contribution is -0.184. The van der Waals surface area contributed by atoms with Gasteiger partial charge < -0.3 is 18.8 Å². The van der Waals surface area contributed by atoms with E-state index >= 15 is 0 Å². The molecule has 1 aliphatic heterocycles. The van der Waals surface area contributed by atoms with E-state index in [0.717, 1.165) is 23.3 Å². The number of hydrogen-bond acceptors (Lipinski definition) is 7. The van der Waals surface area contributed by atoms with Crippen molar-refractivity contribution < 1.29 is 26.8 Å². The Hall–Kier alpha value is -2.72. The molecule has 0 spiro atoms. The number of benzene rings is 2. The zero-order chi connectivity index (χ0) is 24.0. The van der Waals surface area contributed by atoms with Gasteiger partial charge in [0.15, 0.2) is 5.79 Å². The van der Waals surface area contributed by atoms with Crippen molar-refractivity contribution in [3.05, 3.63) is 78.4 Å². The average Bonchev–Trinajstić information content (AvgIpc) is 3.48. The molecule has 4 rings (SSSR count). The molecule has 0 bridgehead atoms. The molecule has 34 heavy (non-hydrogen) atoms. The summed E-state index contributed by atoms with van der Waals surface area (Å²) in [6.07, 6.45) is 6.04. The third-order valence-electron chi connectivity index (χ3n) is 5.64. The van der Waals surface area contributed by atoms with Gasteiger partial charge in [-0.3, -0.25) is 4.18 Å². The number of hydrogen-bond donors (Lipinski definition) is 0. The summed E-state index contributed by atoms with van der Waals surface area (Å²) >= 11 is 0. The second-order valence-electron chi connectivity index (χ2n) is 8.33. The highest BCUT2D eigenvalue weighted by Gasteiger charge is 2.42. The summed E-state index contributed by atoms with van der Waals surface area (Å²) in [5, 5.41) is 0. The van der Waals surface area contributed by atoms with Gasteiger partial charge in [0.25, 0.3) is 10.1 Å². The second-order valence-corrected chi connectivity index (χ2v) is 9.94. The second kappa shape index (κ2) is 10.7. The quantitative estimate of drug-likeness (QED) is 0.382. The van der Waals surface area contributed by atoms with Crippen LogP contribution in [-0.4, -0.2) is 49.7 Å². The number of rotatable bonds is 11. The van der Waals surface area contributed by atoms with Crippen LogP contribution in [0.2, 0.25) is 0 Å². The molecule has 1 fully saturated rings. The van der Waals surface area contributed by atoms with Crippen LogP contribution in [0.1, 0.15) is 24.5 Å². The highest BCUT2D eigenvalue weighted by atomic mass is 32.2. The molecule has 2 heterocycles. The highest BCUT2D eigenvalue weighted by molar-refractivity contribution is 7.86. The summed E-state index contributed by atoms with van der Waals surface area (Å²) in [5.41, 5.74) is 2.10. The normalized spacial score (nSPS) is 20.5. The number of aromatic nitrogens is 2. The van der Waals surface area contributed by atoms with Crippen LogP contribution in [0.5, 0.6) is 5.75 Å². The predicted molar refractivity (Wildman–Crippen MR) is 126 cm³/mol. The van der Waals surface area contributed by atoms with Gasteiger partial charge in [-0.1, -0.05) is 29.8 Å². The Morgan fingerprint density at radius 3 is 2.59 bits per heavy atom. The third-order valence-corrected chi connectivity index (χ3v) is 6.94. The first-order valence-corrected chi connectivity index (χ1v) is 12.7. The van der Waals surface area contributed by atoms with Crippen molar-refractivity contribution in [1.29, 1.82) is 0 Å². The molecule has 0 N–H and O–H groups in total. The molecule has 1 aliphatic rings. The Morgan fingerprint density at radius 1 is 1.15 bits per heavy atom. The molecule has 3 aromatic rings. The molecular formula is C25H30N2O6S. The number of nitrogens with zero attached hydrogens (tertiary/aromatic N) is 2. The molecular weight excluding hydrogens is 456 g/mol. The summed E-state index contributed by atoms with van der Waals surface area (Å²) in [7, 11) is -3.88. The maximum absolute atomic E-state index is 12.6. The van der Waals surface area contributed by atoms with Crippen molar-refractivity contribution in [1.82, 2.24) is 9.55 Å². The first kappa shape index (κ1) is 24.4. The van der Waals surface area contributed by atoms with Crippen molar-refractivity contribution in [2.24, 2.45) is 0 Å². The van der Waals surface area contributed by atoms with Crippen molar-refractivity contribution >= 4 is 10.1 Å². The van der Waals surface area contributed by atoms with Gasteiger partial charge in [0.2, 0.25) is 0 Å². The molecule has 2 atom stereocenters. The number of imidazole rings is 1. The van der Waals surface area contributed by atoms with Gasteiger partial charge in [0.05, 0.1) is 37.6 Å². The topological polar surface area (TPSA) is 88.9 Å². The van der Waals surface area contributed by atoms with Crippen LogP contribution < -0.4 is 4.74 Å². The molecule has 1 saturated heterocycles. The van der Waals surface area contributed by atoms with Crippen molar-refractivity contribution in [3.8, 4) is 5.75 Å². The lowest BCUT2D eigenvalue weighted by Gasteiger charge is -2.28. The molecule has 0 aliphatic carbocycles. The van der Waals surface area contributed by atoms with Crippen LogP contribution in [0.4, 0.5) is 0 Å². The van der Waals surface area contributed by atoms with Gasteiger partial charge in [-0.05, 0) is 50.1 Å². The van der Waals surface area contributed by atoms with Gasteiger partial charge >= 0.3 is 0 Å². The van der Waals surface area contributed by atoms with E-state index in [1.54, 1.807) is 24.7 Å². The Balaban J connectivity index is 1.40. The van der Waals surface area contributed by atoms with Gasteiger partial charge in [-0.15, -0.1) is 0 Å². The Labute approximate surface area is 200 Å². The first-order valence-electron chi connectivity index (χ1n) is 11.3. The lowest BCUT2D eigenvalue weighted by Crippen LogP contribution is -2.37. The SMILES string of the molecule is CCOc1ccc(CC[C@@]2(Cn3ccnc3)OC[C@H](COS(=O)(=O)c3ccc(C)cc3)O2)cc1. The minimum Gasteiger partial charge on any atom is -0.494 e. The van der Waals surface area contributed by atoms with E-state index in [4.69, 9.17) is 18.4 Å². The van der Waals surface area contributed by atoms with Crippen molar-refractivity contribution in [2.75, 3.05) is 19.8 Å². The molecule has 2 aromatic carbocycles. The summed E-state index contributed by atoms with van der Waals surface area (Å²) in [4.78, 5) is 4.22. The van der Waals surface area contributed by atoms with E-state index in [2.05, 4.69) is 4.98 Å².